The second-order valence-corrected chi connectivity index (χ2v) is 7.24. The summed E-state index contributed by atoms with van der Waals surface area (Å²) < 4.78 is 0. The zero-order chi connectivity index (χ0) is 17.5. The van der Waals surface area contributed by atoms with Gasteiger partial charge in [-0.1, -0.05) is 35.9 Å². The summed E-state index contributed by atoms with van der Waals surface area (Å²) in [6, 6.07) is 13.3. The average molecular weight is 472 g/mol. The van der Waals surface area contributed by atoms with Gasteiger partial charge in [-0.15, -0.1) is 35.3 Å². The van der Waals surface area contributed by atoms with Gasteiger partial charge in [0.25, 0.3) is 0 Å². The molecule has 4 nitrogen and oxygen atoms in total. The van der Waals surface area contributed by atoms with Crippen LogP contribution in [-0.2, 0) is 6.54 Å². The lowest BCUT2D eigenvalue weighted by molar-refractivity contribution is 0.299. The first kappa shape index (κ1) is 21.9. The number of rotatable bonds is 6. The van der Waals surface area contributed by atoms with Crippen LogP contribution in [0.2, 0.25) is 0 Å². The summed E-state index contributed by atoms with van der Waals surface area (Å²) in [5.41, 5.74) is 2.57. The van der Waals surface area contributed by atoms with E-state index in [4.69, 9.17) is 0 Å². The number of guanidine groups is 1. The summed E-state index contributed by atoms with van der Waals surface area (Å²) in [6.07, 6.45) is 0. The quantitative estimate of drug-likeness (QED) is 0.392. The number of hydrogen-bond donors (Lipinski definition) is 1. The van der Waals surface area contributed by atoms with Crippen molar-refractivity contribution in [2.45, 2.75) is 19.5 Å². The lowest BCUT2D eigenvalue weighted by atomic mass is 10.1. The number of aryl methyl sites for hydroxylation is 1. The van der Waals surface area contributed by atoms with Crippen LogP contribution in [0.15, 0.2) is 46.8 Å². The molecule has 6 heteroatoms. The van der Waals surface area contributed by atoms with Gasteiger partial charge < -0.3 is 15.1 Å². The van der Waals surface area contributed by atoms with Gasteiger partial charge in [-0.05, 0) is 38.0 Å². The number of aliphatic imine (C=N–C) groups is 1. The Morgan fingerprint density at radius 3 is 2.36 bits per heavy atom. The van der Waals surface area contributed by atoms with Crippen molar-refractivity contribution in [2.75, 3.05) is 34.7 Å². The molecule has 2 aromatic rings. The predicted molar refractivity (Wildman–Crippen MR) is 120 cm³/mol. The van der Waals surface area contributed by atoms with E-state index in [1.54, 1.807) is 11.3 Å². The normalized spacial score (nSPS) is 12.6. The third kappa shape index (κ3) is 6.60. The first-order valence-electron chi connectivity index (χ1n) is 8.18. The molecule has 1 atom stereocenters. The smallest absolute Gasteiger partial charge is 0.193 e. The summed E-state index contributed by atoms with van der Waals surface area (Å²) in [6.45, 7) is 3.78. The second kappa shape index (κ2) is 10.8. The summed E-state index contributed by atoms with van der Waals surface area (Å²) >= 11 is 1.80. The van der Waals surface area contributed by atoms with Crippen LogP contribution < -0.4 is 5.32 Å². The number of nitrogens with one attached hydrogen (secondary N) is 1. The zero-order valence-electron chi connectivity index (χ0n) is 15.7. The van der Waals surface area contributed by atoms with Gasteiger partial charge in [0, 0.05) is 32.1 Å². The van der Waals surface area contributed by atoms with E-state index in [-0.39, 0.29) is 24.0 Å². The SMILES string of the molecule is CN=C(NCC(c1cccs1)N(C)C)N(C)Cc1ccc(C)cc1.I. The van der Waals surface area contributed by atoms with Crippen LogP contribution in [0.4, 0.5) is 0 Å². The maximum atomic E-state index is 4.43. The minimum Gasteiger partial charge on any atom is -0.354 e. The van der Waals surface area contributed by atoms with Crippen molar-refractivity contribution in [3.05, 3.63) is 57.8 Å². The van der Waals surface area contributed by atoms with E-state index < -0.39 is 0 Å². The molecule has 0 aliphatic carbocycles. The Balaban J connectivity index is 0.00000312. The highest BCUT2D eigenvalue weighted by molar-refractivity contribution is 14.0. The zero-order valence-corrected chi connectivity index (χ0v) is 18.8. The molecule has 25 heavy (non-hydrogen) atoms. The summed E-state index contributed by atoms with van der Waals surface area (Å²) in [5.74, 6) is 0.916. The van der Waals surface area contributed by atoms with E-state index in [9.17, 15) is 0 Å². The lowest BCUT2D eigenvalue weighted by Crippen LogP contribution is -2.42. The van der Waals surface area contributed by atoms with Gasteiger partial charge in [-0.2, -0.15) is 0 Å². The molecule has 0 saturated heterocycles. The van der Waals surface area contributed by atoms with E-state index in [1.165, 1.54) is 16.0 Å². The van der Waals surface area contributed by atoms with Gasteiger partial charge in [0.15, 0.2) is 5.96 Å². The van der Waals surface area contributed by atoms with Crippen molar-refractivity contribution in [3.63, 3.8) is 0 Å². The second-order valence-electron chi connectivity index (χ2n) is 6.26. The van der Waals surface area contributed by atoms with E-state index in [1.807, 2.05) is 7.05 Å². The van der Waals surface area contributed by atoms with Gasteiger partial charge in [-0.3, -0.25) is 4.99 Å². The van der Waals surface area contributed by atoms with E-state index in [0.29, 0.717) is 6.04 Å². The molecular formula is C19H29IN4S. The summed E-state index contributed by atoms with van der Waals surface area (Å²) in [7, 11) is 8.14. The largest absolute Gasteiger partial charge is 0.354 e. The molecule has 1 heterocycles. The number of benzene rings is 1. The molecule has 0 saturated carbocycles. The molecule has 0 aliphatic rings. The predicted octanol–water partition coefficient (Wildman–Crippen LogP) is 3.98. The van der Waals surface area contributed by atoms with Crippen molar-refractivity contribution in [1.29, 1.82) is 0 Å². The van der Waals surface area contributed by atoms with Gasteiger partial charge in [0.05, 0.1) is 6.04 Å². The fourth-order valence-corrected chi connectivity index (χ4v) is 3.56. The molecule has 0 bridgehead atoms. The molecule has 0 amide bonds. The fraction of sp³-hybridized carbons (Fsp3) is 0.421. The Morgan fingerprint density at radius 1 is 1.16 bits per heavy atom. The molecular weight excluding hydrogens is 443 g/mol. The van der Waals surface area contributed by atoms with Crippen LogP contribution in [0.5, 0.6) is 0 Å². The van der Waals surface area contributed by atoms with Crippen molar-refractivity contribution in [3.8, 4) is 0 Å². The lowest BCUT2D eigenvalue weighted by Gasteiger charge is -2.27. The minimum absolute atomic E-state index is 0. The standard InChI is InChI=1S/C19H28N4S.HI/c1-15-8-10-16(11-9-15)14-23(5)19(20-2)21-13-17(22(3)4)18-7-6-12-24-18;/h6-12,17H,13-14H2,1-5H3,(H,20,21);1H. The van der Waals surface area contributed by atoms with Crippen LogP contribution in [0.3, 0.4) is 0 Å². The molecule has 2 rings (SSSR count). The van der Waals surface area contributed by atoms with Crippen LogP contribution >= 0.6 is 35.3 Å². The van der Waals surface area contributed by atoms with Crippen LogP contribution in [0.1, 0.15) is 22.0 Å². The topological polar surface area (TPSA) is 30.9 Å². The molecule has 0 radical (unpaired) electrons. The first-order chi connectivity index (χ1) is 11.5. The molecule has 1 aromatic heterocycles. The monoisotopic (exact) mass is 472 g/mol. The van der Waals surface area contributed by atoms with Crippen LogP contribution in [-0.4, -0.2) is 50.5 Å². The van der Waals surface area contributed by atoms with E-state index >= 15 is 0 Å². The maximum absolute atomic E-state index is 4.43. The Bertz CT molecular complexity index is 638. The third-order valence-corrected chi connectivity index (χ3v) is 5.04. The van der Waals surface area contributed by atoms with Gasteiger partial charge >= 0.3 is 0 Å². The van der Waals surface area contributed by atoms with Crippen molar-refractivity contribution >= 4 is 41.3 Å². The summed E-state index contributed by atoms with van der Waals surface area (Å²) in [5, 5.41) is 5.64. The van der Waals surface area contributed by atoms with Crippen molar-refractivity contribution in [1.82, 2.24) is 15.1 Å². The number of thiophene rings is 1. The van der Waals surface area contributed by atoms with Crippen LogP contribution in [0.25, 0.3) is 0 Å². The van der Waals surface area contributed by atoms with Crippen LogP contribution in [0, 0.1) is 6.92 Å². The minimum atomic E-state index is 0. The molecule has 0 fully saturated rings. The Labute approximate surface area is 173 Å². The number of nitrogens with zero attached hydrogens (tertiary/aromatic N) is 3. The van der Waals surface area contributed by atoms with Gasteiger partial charge in [-0.25, -0.2) is 0 Å². The molecule has 1 aromatic carbocycles. The number of hydrogen-bond acceptors (Lipinski definition) is 3. The van der Waals surface area contributed by atoms with Gasteiger partial charge in [0.2, 0.25) is 0 Å². The molecule has 1 N–H and O–H groups in total. The Morgan fingerprint density at radius 2 is 1.84 bits per heavy atom. The van der Waals surface area contributed by atoms with Gasteiger partial charge in [0.1, 0.15) is 0 Å². The highest BCUT2D eigenvalue weighted by Crippen LogP contribution is 2.22. The van der Waals surface area contributed by atoms with E-state index in [2.05, 4.69) is 90.0 Å². The molecule has 0 spiro atoms. The van der Waals surface area contributed by atoms with Crippen molar-refractivity contribution in [2.24, 2.45) is 4.99 Å². The fourth-order valence-electron chi connectivity index (χ4n) is 2.63. The van der Waals surface area contributed by atoms with Crippen molar-refractivity contribution < 1.29 is 0 Å². The molecule has 138 valence electrons. The number of halogens is 1. The third-order valence-electron chi connectivity index (χ3n) is 4.06. The molecule has 0 aliphatic heterocycles. The molecule has 1 unspecified atom stereocenters. The maximum Gasteiger partial charge on any atom is 0.193 e. The Hall–Kier alpha value is -1.12. The highest BCUT2D eigenvalue weighted by Gasteiger charge is 2.16. The Kier molecular flexibility index (Phi) is 9.45. The summed E-state index contributed by atoms with van der Waals surface area (Å²) in [4.78, 5) is 10.2. The number of likely N-dealkylation sites (N-methyl/N-ethyl adjacent to an activating group) is 1. The van der Waals surface area contributed by atoms with E-state index in [0.717, 1.165) is 19.0 Å². The average Bonchev–Trinajstić information content (AvgIpc) is 3.07. The highest BCUT2D eigenvalue weighted by atomic mass is 127. The first-order valence-corrected chi connectivity index (χ1v) is 9.06.